The van der Waals surface area contributed by atoms with Crippen molar-refractivity contribution in [3.05, 3.63) is 18.1 Å². The second-order valence-electron chi connectivity index (χ2n) is 2.41. The van der Waals surface area contributed by atoms with Gasteiger partial charge in [0.1, 0.15) is 12.0 Å². The van der Waals surface area contributed by atoms with E-state index in [4.69, 9.17) is 20.4 Å². The summed E-state index contributed by atoms with van der Waals surface area (Å²) in [6.45, 7) is 0. The Morgan fingerprint density at radius 2 is 2.42 bits per heavy atom. The van der Waals surface area contributed by atoms with Crippen molar-refractivity contribution in [2.45, 2.75) is 12.5 Å². The molecule has 5 heteroatoms. The number of rotatable bonds is 3. The van der Waals surface area contributed by atoms with Crippen molar-refractivity contribution in [1.82, 2.24) is 0 Å². The second kappa shape index (κ2) is 3.27. The van der Waals surface area contributed by atoms with E-state index in [1.165, 1.54) is 6.07 Å². The van der Waals surface area contributed by atoms with Crippen LogP contribution in [0, 0.1) is 0 Å². The normalized spacial score (nSPS) is 12.8. The summed E-state index contributed by atoms with van der Waals surface area (Å²) in [5, 5.41) is 17.2. The first-order valence-corrected chi connectivity index (χ1v) is 3.34. The molecule has 0 aromatic carbocycles. The van der Waals surface area contributed by atoms with Gasteiger partial charge in [-0.05, 0) is 0 Å². The number of furan rings is 1. The lowest BCUT2D eigenvalue weighted by Crippen LogP contribution is -2.13. The number of carboxylic acids is 1. The van der Waals surface area contributed by atoms with Gasteiger partial charge in [0, 0.05) is 6.07 Å². The average molecular weight is 171 g/mol. The van der Waals surface area contributed by atoms with E-state index < -0.39 is 12.0 Å². The monoisotopic (exact) mass is 171 g/mol. The minimum atomic E-state index is -1.00. The van der Waals surface area contributed by atoms with E-state index in [0.717, 1.165) is 6.26 Å². The fraction of sp³-hybridized carbons (Fsp3) is 0.286. The van der Waals surface area contributed by atoms with Crippen LogP contribution in [0.2, 0.25) is 0 Å². The van der Waals surface area contributed by atoms with E-state index in [-0.39, 0.29) is 17.9 Å². The topological polar surface area (TPSA) is 96.7 Å². The Hall–Kier alpha value is -1.49. The van der Waals surface area contributed by atoms with Crippen LogP contribution in [0.4, 0.5) is 0 Å². The Morgan fingerprint density at radius 3 is 2.83 bits per heavy atom. The molecule has 66 valence electrons. The van der Waals surface area contributed by atoms with Gasteiger partial charge in [-0.25, -0.2) is 0 Å². The second-order valence-corrected chi connectivity index (χ2v) is 2.41. The number of hydrogen-bond donors (Lipinski definition) is 3. The van der Waals surface area contributed by atoms with Crippen molar-refractivity contribution < 1.29 is 19.4 Å². The maximum atomic E-state index is 10.2. The van der Waals surface area contributed by atoms with E-state index >= 15 is 0 Å². The molecule has 0 spiro atoms. The highest BCUT2D eigenvalue weighted by atomic mass is 16.4. The molecule has 12 heavy (non-hydrogen) atoms. The summed E-state index contributed by atoms with van der Waals surface area (Å²) < 4.78 is 4.79. The van der Waals surface area contributed by atoms with Crippen molar-refractivity contribution in [2.75, 3.05) is 0 Å². The summed E-state index contributed by atoms with van der Waals surface area (Å²) in [5.41, 5.74) is 5.42. The van der Waals surface area contributed by atoms with Crippen LogP contribution in [0.25, 0.3) is 0 Å². The molecule has 0 amide bonds. The molecule has 1 atom stereocenters. The Labute approximate surface area is 68.4 Å². The molecule has 0 radical (unpaired) electrons. The first-order valence-electron chi connectivity index (χ1n) is 3.34. The van der Waals surface area contributed by atoms with Gasteiger partial charge in [-0.1, -0.05) is 0 Å². The minimum Gasteiger partial charge on any atom is -0.505 e. The molecule has 1 heterocycles. The van der Waals surface area contributed by atoms with Crippen LogP contribution in [0.1, 0.15) is 18.2 Å². The first kappa shape index (κ1) is 8.61. The van der Waals surface area contributed by atoms with Gasteiger partial charge in [-0.15, -0.1) is 0 Å². The van der Waals surface area contributed by atoms with Gasteiger partial charge in [0.05, 0.1) is 12.5 Å². The van der Waals surface area contributed by atoms with Crippen LogP contribution < -0.4 is 5.73 Å². The molecule has 1 rings (SSSR count). The summed E-state index contributed by atoms with van der Waals surface area (Å²) in [4.78, 5) is 10.2. The van der Waals surface area contributed by atoms with Crippen LogP contribution in [0.5, 0.6) is 5.75 Å². The number of carboxylic acid groups (broad SMARTS) is 1. The van der Waals surface area contributed by atoms with Crippen molar-refractivity contribution in [3.8, 4) is 5.75 Å². The zero-order chi connectivity index (χ0) is 9.14. The van der Waals surface area contributed by atoms with E-state index in [9.17, 15) is 4.79 Å². The Bertz CT molecular complexity index is 281. The number of carbonyl (C=O) groups is 1. The van der Waals surface area contributed by atoms with Crippen molar-refractivity contribution in [1.29, 1.82) is 0 Å². The quantitative estimate of drug-likeness (QED) is 0.613. The summed E-state index contributed by atoms with van der Waals surface area (Å²) in [5.74, 6) is -0.779. The van der Waals surface area contributed by atoms with E-state index in [2.05, 4.69) is 0 Å². The largest absolute Gasteiger partial charge is 0.505 e. The van der Waals surface area contributed by atoms with Gasteiger partial charge in [0.2, 0.25) is 0 Å². The molecule has 1 aromatic rings. The van der Waals surface area contributed by atoms with E-state index in [0.29, 0.717) is 0 Å². The predicted molar refractivity (Wildman–Crippen MR) is 39.6 cm³/mol. The lowest BCUT2D eigenvalue weighted by Gasteiger charge is -2.02. The third-order valence-electron chi connectivity index (χ3n) is 1.37. The minimum absolute atomic E-state index is 0.0501. The number of aliphatic carboxylic acids is 1. The van der Waals surface area contributed by atoms with Gasteiger partial charge in [0.25, 0.3) is 0 Å². The van der Waals surface area contributed by atoms with Gasteiger partial charge in [0.15, 0.2) is 5.75 Å². The third kappa shape index (κ3) is 2.00. The van der Waals surface area contributed by atoms with E-state index in [1.807, 2.05) is 0 Å². The SMILES string of the molecule is N[C@H](CC(=O)O)c1cc(O)co1. The predicted octanol–water partition coefficient (Wildman–Crippen LogP) is 0.460. The Kier molecular flexibility index (Phi) is 2.35. The van der Waals surface area contributed by atoms with Crippen LogP contribution in [-0.2, 0) is 4.79 Å². The average Bonchev–Trinajstić information content (AvgIpc) is 2.34. The maximum absolute atomic E-state index is 10.2. The molecular formula is C7H9NO4. The van der Waals surface area contributed by atoms with Crippen molar-refractivity contribution in [2.24, 2.45) is 5.73 Å². The Morgan fingerprint density at radius 1 is 1.75 bits per heavy atom. The summed E-state index contributed by atoms with van der Waals surface area (Å²) in [7, 11) is 0. The Balaban J connectivity index is 2.64. The van der Waals surface area contributed by atoms with Gasteiger partial charge in [-0.3, -0.25) is 4.79 Å². The van der Waals surface area contributed by atoms with Gasteiger partial charge < -0.3 is 20.4 Å². The zero-order valence-electron chi connectivity index (χ0n) is 6.23. The lowest BCUT2D eigenvalue weighted by atomic mass is 10.2. The molecule has 0 saturated carbocycles. The molecule has 1 aromatic heterocycles. The van der Waals surface area contributed by atoms with Crippen LogP contribution in [0.3, 0.4) is 0 Å². The van der Waals surface area contributed by atoms with Crippen LogP contribution in [0.15, 0.2) is 16.7 Å². The number of aromatic hydroxyl groups is 1. The standard InChI is InChI=1S/C7H9NO4/c8-5(2-7(10)11)6-1-4(9)3-12-6/h1,3,5,9H,2,8H2,(H,10,11)/t5-/m1/s1. The molecule has 0 unspecified atom stereocenters. The molecule has 0 aliphatic carbocycles. The highest BCUT2D eigenvalue weighted by Gasteiger charge is 2.14. The summed E-state index contributed by atoms with van der Waals surface area (Å²) in [6, 6.07) is 0.594. The fourth-order valence-corrected chi connectivity index (χ4v) is 0.825. The molecular weight excluding hydrogens is 162 g/mol. The highest BCUT2D eigenvalue weighted by molar-refractivity contribution is 5.67. The number of hydrogen-bond acceptors (Lipinski definition) is 4. The maximum Gasteiger partial charge on any atom is 0.305 e. The summed E-state index contributed by atoms with van der Waals surface area (Å²) in [6.07, 6.45) is 0.893. The highest BCUT2D eigenvalue weighted by Crippen LogP contribution is 2.20. The zero-order valence-corrected chi connectivity index (χ0v) is 6.23. The van der Waals surface area contributed by atoms with Crippen LogP contribution >= 0.6 is 0 Å². The number of nitrogens with two attached hydrogens (primary N) is 1. The van der Waals surface area contributed by atoms with Crippen LogP contribution in [-0.4, -0.2) is 16.2 Å². The molecule has 0 aliphatic heterocycles. The lowest BCUT2D eigenvalue weighted by molar-refractivity contribution is -0.137. The molecule has 4 N–H and O–H groups in total. The van der Waals surface area contributed by atoms with Crippen molar-refractivity contribution in [3.63, 3.8) is 0 Å². The van der Waals surface area contributed by atoms with E-state index in [1.54, 1.807) is 0 Å². The van der Waals surface area contributed by atoms with Gasteiger partial charge in [-0.2, -0.15) is 0 Å². The molecule has 0 saturated heterocycles. The molecule has 5 nitrogen and oxygen atoms in total. The molecule has 0 bridgehead atoms. The van der Waals surface area contributed by atoms with Crippen molar-refractivity contribution >= 4 is 5.97 Å². The third-order valence-corrected chi connectivity index (χ3v) is 1.37. The fourth-order valence-electron chi connectivity index (χ4n) is 0.825. The smallest absolute Gasteiger partial charge is 0.305 e. The van der Waals surface area contributed by atoms with Gasteiger partial charge >= 0.3 is 5.97 Å². The molecule has 0 aliphatic rings. The summed E-state index contributed by atoms with van der Waals surface area (Å²) >= 11 is 0. The molecule has 0 fully saturated rings. The first-order chi connectivity index (χ1) is 5.59.